The zero-order chi connectivity index (χ0) is 14.4. The number of nitrogens with zero attached hydrogens (tertiary/aromatic N) is 1. The van der Waals surface area contributed by atoms with Crippen molar-refractivity contribution in [2.75, 3.05) is 20.6 Å². The summed E-state index contributed by atoms with van der Waals surface area (Å²) in [5.74, 6) is 0.602. The lowest BCUT2D eigenvalue weighted by Crippen LogP contribution is -2.39. The van der Waals surface area contributed by atoms with E-state index in [0.717, 1.165) is 6.54 Å². The molecular formula is C16H26N2O. The van der Waals surface area contributed by atoms with Crippen LogP contribution in [0.1, 0.15) is 25.0 Å². The lowest BCUT2D eigenvalue weighted by atomic mass is 9.94. The van der Waals surface area contributed by atoms with Gasteiger partial charge >= 0.3 is 0 Å². The molecule has 0 bridgehead atoms. The second kappa shape index (κ2) is 7.29. The predicted octanol–water partition coefficient (Wildman–Crippen LogP) is 2.45. The SMILES string of the molecule is CNCC(C(=O)N(C)Cc1cccc(C)c1)C(C)C. The van der Waals surface area contributed by atoms with E-state index >= 15 is 0 Å². The van der Waals surface area contributed by atoms with Gasteiger partial charge in [0.25, 0.3) is 0 Å². The van der Waals surface area contributed by atoms with Crippen molar-refractivity contribution in [3.05, 3.63) is 35.4 Å². The fourth-order valence-corrected chi connectivity index (χ4v) is 2.27. The minimum atomic E-state index is 0.0415. The predicted molar refractivity (Wildman–Crippen MR) is 79.9 cm³/mol. The minimum Gasteiger partial charge on any atom is -0.341 e. The minimum absolute atomic E-state index is 0.0415. The van der Waals surface area contributed by atoms with Gasteiger partial charge in [0, 0.05) is 20.1 Å². The van der Waals surface area contributed by atoms with Gasteiger partial charge in [-0.3, -0.25) is 4.79 Å². The molecule has 19 heavy (non-hydrogen) atoms. The van der Waals surface area contributed by atoms with E-state index in [2.05, 4.69) is 44.3 Å². The van der Waals surface area contributed by atoms with Crippen LogP contribution in [0.4, 0.5) is 0 Å². The van der Waals surface area contributed by atoms with Crippen LogP contribution in [0.5, 0.6) is 0 Å². The van der Waals surface area contributed by atoms with Crippen LogP contribution in [0, 0.1) is 18.8 Å². The molecule has 1 atom stereocenters. The Bertz CT molecular complexity index is 415. The molecule has 0 aliphatic rings. The Balaban J connectivity index is 2.70. The summed E-state index contributed by atoms with van der Waals surface area (Å²) in [5, 5.41) is 3.11. The third-order valence-electron chi connectivity index (χ3n) is 3.42. The highest BCUT2D eigenvalue weighted by atomic mass is 16.2. The summed E-state index contributed by atoms with van der Waals surface area (Å²) in [4.78, 5) is 14.3. The van der Waals surface area contributed by atoms with Gasteiger partial charge in [0.15, 0.2) is 0 Å². The van der Waals surface area contributed by atoms with E-state index in [9.17, 15) is 4.79 Å². The molecule has 1 amide bonds. The van der Waals surface area contributed by atoms with Crippen LogP contribution in [0.25, 0.3) is 0 Å². The first-order valence-electron chi connectivity index (χ1n) is 6.90. The Morgan fingerprint density at radius 1 is 1.37 bits per heavy atom. The first-order chi connectivity index (χ1) is 8.95. The monoisotopic (exact) mass is 262 g/mol. The molecule has 3 nitrogen and oxygen atoms in total. The largest absolute Gasteiger partial charge is 0.341 e. The fourth-order valence-electron chi connectivity index (χ4n) is 2.27. The van der Waals surface area contributed by atoms with E-state index < -0.39 is 0 Å². The van der Waals surface area contributed by atoms with Gasteiger partial charge in [-0.25, -0.2) is 0 Å². The summed E-state index contributed by atoms with van der Waals surface area (Å²) < 4.78 is 0. The van der Waals surface area contributed by atoms with E-state index in [1.54, 1.807) is 0 Å². The van der Waals surface area contributed by atoms with Gasteiger partial charge in [0.1, 0.15) is 0 Å². The maximum atomic E-state index is 12.4. The fraction of sp³-hybridized carbons (Fsp3) is 0.562. The Morgan fingerprint density at radius 2 is 2.05 bits per heavy atom. The summed E-state index contributed by atoms with van der Waals surface area (Å²) in [5.41, 5.74) is 2.41. The average molecular weight is 262 g/mol. The highest BCUT2D eigenvalue weighted by Gasteiger charge is 2.24. The maximum Gasteiger partial charge on any atom is 0.227 e. The van der Waals surface area contributed by atoms with E-state index in [0.29, 0.717) is 12.5 Å². The zero-order valence-corrected chi connectivity index (χ0v) is 12.7. The molecule has 0 saturated carbocycles. The number of hydrogen-bond donors (Lipinski definition) is 1. The van der Waals surface area contributed by atoms with Crippen LogP contribution in [-0.4, -0.2) is 31.4 Å². The molecule has 0 aromatic heterocycles. The van der Waals surface area contributed by atoms with E-state index in [1.807, 2.05) is 25.1 Å². The van der Waals surface area contributed by atoms with Crippen LogP contribution >= 0.6 is 0 Å². The molecule has 0 fully saturated rings. The van der Waals surface area contributed by atoms with Crippen molar-refractivity contribution in [3.63, 3.8) is 0 Å². The summed E-state index contributed by atoms with van der Waals surface area (Å²) in [6.07, 6.45) is 0. The molecule has 0 radical (unpaired) electrons. The number of amides is 1. The standard InChI is InChI=1S/C16H26N2O/c1-12(2)15(10-17-4)16(19)18(5)11-14-8-6-7-13(3)9-14/h6-9,12,15,17H,10-11H2,1-5H3. The Hall–Kier alpha value is -1.35. The van der Waals surface area contributed by atoms with Crippen molar-refractivity contribution in [1.29, 1.82) is 0 Å². The van der Waals surface area contributed by atoms with Gasteiger partial charge in [-0.1, -0.05) is 43.7 Å². The van der Waals surface area contributed by atoms with Crippen molar-refractivity contribution in [3.8, 4) is 0 Å². The molecule has 0 heterocycles. The number of rotatable bonds is 6. The summed E-state index contributed by atoms with van der Waals surface area (Å²) in [6.45, 7) is 7.67. The molecule has 0 aliphatic carbocycles. The number of nitrogens with one attached hydrogen (secondary N) is 1. The van der Waals surface area contributed by atoms with Gasteiger partial charge < -0.3 is 10.2 Å². The summed E-state index contributed by atoms with van der Waals surface area (Å²) in [7, 11) is 3.78. The second-order valence-electron chi connectivity index (χ2n) is 5.59. The first-order valence-corrected chi connectivity index (χ1v) is 6.90. The van der Waals surface area contributed by atoms with Crippen molar-refractivity contribution in [2.45, 2.75) is 27.3 Å². The summed E-state index contributed by atoms with van der Waals surface area (Å²) >= 11 is 0. The smallest absolute Gasteiger partial charge is 0.227 e. The van der Waals surface area contributed by atoms with Gasteiger partial charge in [0.05, 0.1) is 5.92 Å². The first kappa shape index (κ1) is 15.7. The molecule has 0 spiro atoms. The number of benzene rings is 1. The average Bonchev–Trinajstić information content (AvgIpc) is 2.34. The molecule has 1 aromatic carbocycles. The Kier molecular flexibility index (Phi) is 6.03. The third kappa shape index (κ3) is 4.67. The topological polar surface area (TPSA) is 32.3 Å². The van der Waals surface area contributed by atoms with Gasteiger partial charge in [0.2, 0.25) is 5.91 Å². The van der Waals surface area contributed by atoms with Crippen molar-refractivity contribution >= 4 is 5.91 Å². The maximum absolute atomic E-state index is 12.4. The Morgan fingerprint density at radius 3 is 2.58 bits per heavy atom. The van der Waals surface area contributed by atoms with Crippen molar-refractivity contribution < 1.29 is 4.79 Å². The molecule has 106 valence electrons. The van der Waals surface area contributed by atoms with Crippen LogP contribution < -0.4 is 5.32 Å². The lowest BCUT2D eigenvalue weighted by Gasteiger charge is -2.26. The molecule has 1 rings (SSSR count). The molecule has 0 saturated heterocycles. The molecular weight excluding hydrogens is 236 g/mol. The zero-order valence-electron chi connectivity index (χ0n) is 12.7. The van der Waals surface area contributed by atoms with Crippen molar-refractivity contribution in [2.24, 2.45) is 11.8 Å². The third-order valence-corrected chi connectivity index (χ3v) is 3.42. The number of carbonyl (C=O) groups is 1. The van der Waals surface area contributed by atoms with Crippen LogP contribution in [0.3, 0.4) is 0 Å². The normalized spacial score (nSPS) is 12.5. The van der Waals surface area contributed by atoms with Crippen LogP contribution in [0.2, 0.25) is 0 Å². The molecule has 1 unspecified atom stereocenters. The number of aryl methyl sites for hydroxylation is 1. The lowest BCUT2D eigenvalue weighted by molar-refractivity contribution is -0.136. The quantitative estimate of drug-likeness (QED) is 0.854. The second-order valence-corrected chi connectivity index (χ2v) is 5.59. The van der Waals surface area contributed by atoms with Gasteiger partial charge in [-0.2, -0.15) is 0 Å². The summed E-state index contributed by atoms with van der Waals surface area (Å²) in [6, 6.07) is 8.31. The van der Waals surface area contributed by atoms with E-state index in [1.165, 1.54) is 11.1 Å². The number of carbonyl (C=O) groups excluding carboxylic acids is 1. The molecule has 1 aromatic rings. The Labute approximate surface area is 117 Å². The van der Waals surface area contributed by atoms with Crippen LogP contribution in [-0.2, 0) is 11.3 Å². The van der Waals surface area contributed by atoms with Gasteiger partial charge in [-0.05, 0) is 25.5 Å². The molecule has 3 heteroatoms. The van der Waals surface area contributed by atoms with Crippen molar-refractivity contribution in [1.82, 2.24) is 10.2 Å². The van der Waals surface area contributed by atoms with Gasteiger partial charge in [-0.15, -0.1) is 0 Å². The number of hydrogen-bond acceptors (Lipinski definition) is 2. The highest BCUT2D eigenvalue weighted by molar-refractivity contribution is 5.79. The molecule has 1 N–H and O–H groups in total. The highest BCUT2D eigenvalue weighted by Crippen LogP contribution is 2.15. The van der Waals surface area contributed by atoms with Crippen LogP contribution in [0.15, 0.2) is 24.3 Å². The van der Waals surface area contributed by atoms with E-state index in [-0.39, 0.29) is 11.8 Å². The molecule has 0 aliphatic heterocycles. The van der Waals surface area contributed by atoms with E-state index in [4.69, 9.17) is 0 Å².